The van der Waals surface area contributed by atoms with Gasteiger partial charge in [0, 0.05) is 35.4 Å². The van der Waals surface area contributed by atoms with Gasteiger partial charge >= 0.3 is 5.97 Å². The molecule has 8 heteroatoms. The lowest BCUT2D eigenvalue weighted by molar-refractivity contribution is 0.0697. The quantitative estimate of drug-likeness (QED) is 0.416. The lowest BCUT2D eigenvalue weighted by atomic mass is 10.1. The van der Waals surface area contributed by atoms with Crippen molar-refractivity contribution in [2.75, 3.05) is 12.0 Å². The molecule has 7 nitrogen and oxygen atoms in total. The number of benzene rings is 2. The molecule has 172 valence electrons. The van der Waals surface area contributed by atoms with Crippen molar-refractivity contribution in [1.82, 2.24) is 4.98 Å². The van der Waals surface area contributed by atoms with Crippen molar-refractivity contribution in [2.45, 2.75) is 38.0 Å². The second-order valence-electron chi connectivity index (χ2n) is 7.86. The molecule has 0 aliphatic heterocycles. The minimum atomic E-state index is -1.12. The number of aliphatic hydroxyl groups is 1. The average Bonchev–Trinajstić information content (AvgIpc) is 3.33. The number of pyridine rings is 1. The molecule has 3 aromatic rings. The summed E-state index contributed by atoms with van der Waals surface area (Å²) >= 11 is 6.25. The third-order valence-electron chi connectivity index (χ3n) is 5.71. The third kappa shape index (κ3) is 5.05. The number of nitrogens with zero attached hydrogens (tertiary/aromatic N) is 2. The van der Waals surface area contributed by atoms with Crippen LogP contribution >= 0.6 is 11.6 Å². The summed E-state index contributed by atoms with van der Waals surface area (Å²) in [6.07, 6.45) is 6.45. The number of aliphatic hydroxyl groups excluding tert-OH is 1. The van der Waals surface area contributed by atoms with E-state index in [-0.39, 0.29) is 16.7 Å². The van der Waals surface area contributed by atoms with Crippen molar-refractivity contribution in [2.24, 2.45) is 0 Å². The van der Waals surface area contributed by atoms with Gasteiger partial charge < -0.3 is 24.6 Å². The first-order chi connectivity index (χ1) is 16.0. The van der Waals surface area contributed by atoms with Crippen molar-refractivity contribution in [3.8, 4) is 11.5 Å². The summed E-state index contributed by atoms with van der Waals surface area (Å²) in [6, 6.07) is 13.5. The molecule has 4 rings (SSSR count). The minimum absolute atomic E-state index is 0.0174. The Kier molecular flexibility index (Phi) is 7.01. The average molecular weight is 469 g/mol. The van der Waals surface area contributed by atoms with Crippen molar-refractivity contribution < 1.29 is 24.5 Å². The second-order valence-corrected chi connectivity index (χ2v) is 8.27. The summed E-state index contributed by atoms with van der Waals surface area (Å²) in [5.74, 6) is 0.0573. The number of methoxy groups -OCH3 is 1. The number of hydrogen-bond acceptors (Lipinski definition) is 6. The molecule has 0 spiro atoms. The molecule has 1 fully saturated rings. The molecule has 1 atom stereocenters. The Balaban J connectivity index is 1.79. The normalized spacial score (nSPS) is 14.6. The predicted octanol–water partition coefficient (Wildman–Crippen LogP) is 5.59. The van der Waals surface area contributed by atoms with Crippen LogP contribution in [0.4, 0.5) is 11.4 Å². The molecule has 1 aliphatic rings. The topological polar surface area (TPSA) is 92.1 Å². The molecule has 1 saturated carbocycles. The zero-order chi connectivity index (χ0) is 23.4. The monoisotopic (exact) mass is 468 g/mol. The van der Waals surface area contributed by atoms with Gasteiger partial charge in [-0.25, -0.2) is 4.79 Å². The maximum absolute atomic E-state index is 11.4. The third-order valence-corrected chi connectivity index (χ3v) is 6.02. The van der Waals surface area contributed by atoms with E-state index in [9.17, 15) is 15.0 Å². The number of halogens is 1. The van der Waals surface area contributed by atoms with Crippen molar-refractivity contribution in [3.05, 3.63) is 77.1 Å². The summed E-state index contributed by atoms with van der Waals surface area (Å²) < 4.78 is 11.7. The number of rotatable bonds is 8. The molecule has 0 bridgehead atoms. The van der Waals surface area contributed by atoms with Crippen LogP contribution in [-0.4, -0.2) is 34.4 Å². The highest BCUT2D eigenvalue weighted by atomic mass is 35.5. The lowest BCUT2D eigenvalue weighted by Crippen LogP contribution is -2.24. The van der Waals surface area contributed by atoms with Crippen LogP contribution in [0, 0.1) is 0 Å². The predicted molar refractivity (Wildman–Crippen MR) is 126 cm³/mol. The molecule has 1 aromatic heterocycles. The van der Waals surface area contributed by atoms with Crippen LogP contribution in [0.15, 0.2) is 60.9 Å². The second kappa shape index (κ2) is 10.1. The number of carboxylic acid groups (broad SMARTS) is 1. The Labute approximate surface area is 197 Å². The highest BCUT2D eigenvalue weighted by molar-refractivity contribution is 6.33. The maximum atomic E-state index is 11.4. The molecular weight excluding hydrogens is 444 g/mol. The first kappa shape index (κ1) is 22.9. The molecule has 1 unspecified atom stereocenters. The summed E-state index contributed by atoms with van der Waals surface area (Å²) in [5, 5.41) is 20.7. The van der Waals surface area contributed by atoms with E-state index in [1.165, 1.54) is 12.1 Å². The summed E-state index contributed by atoms with van der Waals surface area (Å²) in [4.78, 5) is 17.2. The molecule has 1 heterocycles. The molecule has 0 radical (unpaired) electrons. The number of anilines is 2. The maximum Gasteiger partial charge on any atom is 0.337 e. The van der Waals surface area contributed by atoms with E-state index in [1.54, 1.807) is 54.7 Å². The highest BCUT2D eigenvalue weighted by Crippen LogP contribution is 2.41. The van der Waals surface area contributed by atoms with Crippen molar-refractivity contribution in [1.29, 1.82) is 0 Å². The molecule has 33 heavy (non-hydrogen) atoms. The van der Waals surface area contributed by atoms with Gasteiger partial charge in [0.2, 0.25) is 0 Å². The van der Waals surface area contributed by atoms with Crippen LogP contribution in [0.3, 0.4) is 0 Å². The van der Waals surface area contributed by atoms with Crippen LogP contribution in [0.5, 0.6) is 11.5 Å². The van der Waals surface area contributed by atoms with Gasteiger partial charge in [-0.1, -0.05) is 17.7 Å². The molecular formula is C25H25ClN2O5. The molecule has 0 saturated heterocycles. The van der Waals surface area contributed by atoms with Gasteiger partial charge in [0.25, 0.3) is 0 Å². The van der Waals surface area contributed by atoms with Crippen LogP contribution in [0.1, 0.15) is 47.8 Å². The van der Waals surface area contributed by atoms with E-state index >= 15 is 0 Å². The largest absolute Gasteiger partial charge is 0.493 e. The van der Waals surface area contributed by atoms with E-state index in [2.05, 4.69) is 4.98 Å². The zero-order valence-corrected chi connectivity index (χ0v) is 18.9. The fourth-order valence-corrected chi connectivity index (χ4v) is 4.29. The fraction of sp³-hybridized carbons (Fsp3) is 0.280. The molecule has 0 amide bonds. The van der Waals surface area contributed by atoms with Gasteiger partial charge in [-0.15, -0.1) is 0 Å². The van der Waals surface area contributed by atoms with Gasteiger partial charge in [-0.3, -0.25) is 4.98 Å². The molecule has 1 aliphatic carbocycles. The van der Waals surface area contributed by atoms with Gasteiger partial charge in [-0.05, 0) is 62.1 Å². The van der Waals surface area contributed by atoms with E-state index in [4.69, 9.17) is 21.1 Å². The fourth-order valence-electron chi connectivity index (χ4n) is 4.03. The number of carboxylic acids is 1. The number of aromatic nitrogens is 1. The number of aromatic carboxylic acids is 1. The van der Waals surface area contributed by atoms with Crippen LogP contribution in [-0.2, 0) is 0 Å². The van der Waals surface area contributed by atoms with Crippen molar-refractivity contribution >= 4 is 28.9 Å². The Morgan fingerprint density at radius 2 is 1.85 bits per heavy atom. The van der Waals surface area contributed by atoms with Gasteiger partial charge in [0.1, 0.15) is 0 Å². The smallest absolute Gasteiger partial charge is 0.337 e. The van der Waals surface area contributed by atoms with Gasteiger partial charge in [-0.2, -0.15) is 0 Å². The molecule has 2 aromatic carbocycles. The first-order valence-corrected chi connectivity index (χ1v) is 11.1. The van der Waals surface area contributed by atoms with Crippen LogP contribution in [0.2, 0.25) is 5.02 Å². The number of carbonyl (C=O) groups is 1. The SMILES string of the molecule is COc1ccc(N(c2ccc(C(=O)O)c(Cl)c2)C(O)c2cccnc2)cc1OC1CCCC1. The first-order valence-electron chi connectivity index (χ1n) is 10.7. The van der Waals surface area contributed by atoms with Gasteiger partial charge in [0.05, 0.1) is 23.8 Å². The van der Waals surface area contributed by atoms with Gasteiger partial charge in [0.15, 0.2) is 17.7 Å². The Hall–Kier alpha value is -3.29. The lowest BCUT2D eigenvalue weighted by Gasteiger charge is -2.31. The standard InChI is InChI=1S/C25H25ClN2O5/c1-32-22-11-9-18(14-23(22)33-19-6-2-3-7-19)28(24(29)16-5-4-12-27-15-16)17-8-10-20(25(30)31)21(26)13-17/h4-5,8-15,19,24,29H,2-3,6-7H2,1H3,(H,30,31). The van der Waals surface area contributed by atoms with Crippen LogP contribution < -0.4 is 14.4 Å². The van der Waals surface area contributed by atoms with E-state index in [0.717, 1.165) is 25.7 Å². The summed E-state index contributed by atoms with van der Waals surface area (Å²) in [6.45, 7) is 0. The Bertz CT molecular complexity index is 1120. The summed E-state index contributed by atoms with van der Waals surface area (Å²) in [7, 11) is 1.59. The number of ether oxygens (including phenoxy) is 2. The van der Waals surface area contributed by atoms with Crippen LogP contribution in [0.25, 0.3) is 0 Å². The van der Waals surface area contributed by atoms with E-state index in [1.807, 2.05) is 6.07 Å². The Morgan fingerprint density at radius 3 is 2.48 bits per heavy atom. The summed E-state index contributed by atoms with van der Waals surface area (Å²) in [5.41, 5.74) is 1.68. The minimum Gasteiger partial charge on any atom is -0.493 e. The van der Waals surface area contributed by atoms with E-state index < -0.39 is 12.2 Å². The molecule has 2 N–H and O–H groups in total. The Morgan fingerprint density at radius 1 is 1.12 bits per heavy atom. The van der Waals surface area contributed by atoms with Crippen molar-refractivity contribution in [3.63, 3.8) is 0 Å². The highest BCUT2D eigenvalue weighted by Gasteiger charge is 2.25. The zero-order valence-electron chi connectivity index (χ0n) is 18.1. The van der Waals surface area contributed by atoms with E-state index in [0.29, 0.717) is 28.4 Å². The number of hydrogen-bond donors (Lipinski definition) is 2.